The number of carbonyl (C=O) groups is 1. The SMILES string of the molecule is CCc1noc(C)c1C(=O)NCCN1CCN(Cc2ccccc2)CC1. The summed E-state index contributed by atoms with van der Waals surface area (Å²) in [5.74, 6) is 0.511. The molecule has 1 amide bonds. The average Bonchev–Trinajstić information content (AvgIpc) is 3.04. The fourth-order valence-corrected chi connectivity index (χ4v) is 3.38. The van der Waals surface area contributed by atoms with E-state index in [4.69, 9.17) is 4.52 Å². The molecule has 6 nitrogen and oxygen atoms in total. The third-order valence-electron chi connectivity index (χ3n) is 4.92. The minimum Gasteiger partial charge on any atom is -0.361 e. The van der Waals surface area contributed by atoms with E-state index in [2.05, 4.69) is 50.6 Å². The number of rotatable bonds is 7. The molecule has 1 aliphatic heterocycles. The van der Waals surface area contributed by atoms with Crippen LogP contribution in [0.5, 0.6) is 0 Å². The summed E-state index contributed by atoms with van der Waals surface area (Å²) in [4.78, 5) is 17.3. The average molecular weight is 356 g/mol. The number of benzene rings is 1. The van der Waals surface area contributed by atoms with E-state index in [9.17, 15) is 4.79 Å². The van der Waals surface area contributed by atoms with Gasteiger partial charge in [0, 0.05) is 45.8 Å². The normalized spacial score (nSPS) is 15.9. The van der Waals surface area contributed by atoms with Gasteiger partial charge in [0.2, 0.25) is 0 Å². The van der Waals surface area contributed by atoms with Crippen LogP contribution in [0.3, 0.4) is 0 Å². The Kier molecular flexibility index (Phi) is 6.41. The van der Waals surface area contributed by atoms with Crippen LogP contribution in [0.2, 0.25) is 0 Å². The molecule has 0 spiro atoms. The van der Waals surface area contributed by atoms with Crippen molar-refractivity contribution in [3.05, 3.63) is 52.9 Å². The Morgan fingerprint density at radius 3 is 2.54 bits per heavy atom. The lowest BCUT2D eigenvalue weighted by Crippen LogP contribution is -2.48. The molecule has 1 aromatic heterocycles. The molecule has 1 aliphatic rings. The van der Waals surface area contributed by atoms with E-state index >= 15 is 0 Å². The lowest BCUT2D eigenvalue weighted by Gasteiger charge is -2.34. The second kappa shape index (κ2) is 8.96. The van der Waals surface area contributed by atoms with Gasteiger partial charge >= 0.3 is 0 Å². The third-order valence-corrected chi connectivity index (χ3v) is 4.92. The minimum atomic E-state index is -0.0803. The van der Waals surface area contributed by atoms with Crippen molar-refractivity contribution in [2.75, 3.05) is 39.3 Å². The van der Waals surface area contributed by atoms with E-state index in [1.54, 1.807) is 6.92 Å². The highest BCUT2D eigenvalue weighted by Crippen LogP contribution is 2.13. The number of piperazine rings is 1. The van der Waals surface area contributed by atoms with E-state index in [0.29, 0.717) is 24.3 Å². The molecule has 0 atom stereocenters. The number of nitrogens with zero attached hydrogens (tertiary/aromatic N) is 3. The summed E-state index contributed by atoms with van der Waals surface area (Å²) in [5, 5.41) is 6.95. The van der Waals surface area contributed by atoms with E-state index in [-0.39, 0.29) is 5.91 Å². The van der Waals surface area contributed by atoms with Crippen LogP contribution < -0.4 is 5.32 Å². The first-order chi connectivity index (χ1) is 12.7. The standard InChI is InChI=1S/C20H28N4O2/c1-3-18-19(16(2)26-22-18)20(25)21-9-10-23-11-13-24(14-12-23)15-17-7-5-4-6-8-17/h4-8H,3,9-15H2,1-2H3,(H,21,25). The Hall–Kier alpha value is -2.18. The summed E-state index contributed by atoms with van der Waals surface area (Å²) in [6.07, 6.45) is 0.698. The maximum Gasteiger partial charge on any atom is 0.256 e. The van der Waals surface area contributed by atoms with Crippen molar-refractivity contribution in [2.45, 2.75) is 26.8 Å². The monoisotopic (exact) mass is 356 g/mol. The van der Waals surface area contributed by atoms with Crippen LogP contribution in [0.15, 0.2) is 34.9 Å². The van der Waals surface area contributed by atoms with Crippen molar-refractivity contribution in [3.8, 4) is 0 Å². The molecule has 2 heterocycles. The van der Waals surface area contributed by atoms with Crippen LogP contribution in [-0.4, -0.2) is 60.1 Å². The minimum absolute atomic E-state index is 0.0803. The van der Waals surface area contributed by atoms with Crippen molar-refractivity contribution in [3.63, 3.8) is 0 Å². The van der Waals surface area contributed by atoms with Crippen LogP contribution in [0.25, 0.3) is 0 Å². The van der Waals surface area contributed by atoms with Gasteiger partial charge < -0.3 is 9.84 Å². The summed E-state index contributed by atoms with van der Waals surface area (Å²) in [5.41, 5.74) is 2.69. The van der Waals surface area contributed by atoms with Gasteiger partial charge in [0.05, 0.1) is 5.69 Å². The molecule has 1 aromatic carbocycles. The molecular formula is C20H28N4O2. The molecule has 6 heteroatoms. The summed E-state index contributed by atoms with van der Waals surface area (Å²) >= 11 is 0. The van der Waals surface area contributed by atoms with Crippen molar-refractivity contribution in [1.82, 2.24) is 20.3 Å². The second-order valence-corrected chi connectivity index (χ2v) is 6.77. The van der Waals surface area contributed by atoms with E-state index in [1.165, 1.54) is 5.56 Å². The molecule has 0 saturated carbocycles. The van der Waals surface area contributed by atoms with Gasteiger partial charge in [-0.15, -0.1) is 0 Å². The zero-order valence-corrected chi connectivity index (χ0v) is 15.7. The first-order valence-electron chi connectivity index (χ1n) is 9.39. The largest absolute Gasteiger partial charge is 0.361 e. The number of aromatic nitrogens is 1. The fraction of sp³-hybridized carbons (Fsp3) is 0.500. The highest BCUT2D eigenvalue weighted by molar-refractivity contribution is 5.96. The maximum absolute atomic E-state index is 12.4. The Bertz CT molecular complexity index is 706. The molecule has 1 saturated heterocycles. The molecular weight excluding hydrogens is 328 g/mol. The molecule has 26 heavy (non-hydrogen) atoms. The van der Waals surface area contributed by atoms with Crippen molar-refractivity contribution >= 4 is 5.91 Å². The third kappa shape index (κ3) is 4.71. The second-order valence-electron chi connectivity index (χ2n) is 6.77. The van der Waals surface area contributed by atoms with Gasteiger partial charge in [-0.1, -0.05) is 42.4 Å². The summed E-state index contributed by atoms with van der Waals surface area (Å²) in [6.45, 7) is 10.5. The fourth-order valence-electron chi connectivity index (χ4n) is 3.38. The molecule has 0 aliphatic carbocycles. The van der Waals surface area contributed by atoms with Gasteiger partial charge in [0.25, 0.3) is 5.91 Å². The van der Waals surface area contributed by atoms with Gasteiger partial charge in [-0.2, -0.15) is 0 Å². The molecule has 1 N–H and O–H groups in total. The van der Waals surface area contributed by atoms with Gasteiger partial charge in [0.1, 0.15) is 11.3 Å². The lowest BCUT2D eigenvalue weighted by molar-refractivity contribution is 0.0932. The number of carbonyl (C=O) groups excluding carboxylic acids is 1. The Labute approximate surface area is 155 Å². The number of amides is 1. The highest BCUT2D eigenvalue weighted by atomic mass is 16.5. The zero-order chi connectivity index (χ0) is 18.4. The van der Waals surface area contributed by atoms with Gasteiger partial charge in [-0.3, -0.25) is 14.6 Å². The molecule has 0 bridgehead atoms. The Balaban J connectivity index is 1.39. The number of nitrogens with one attached hydrogen (secondary N) is 1. The van der Waals surface area contributed by atoms with Crippen LogP contribution in [0, 0.1) is 6.92 Å². The quantitative estimate of drug-likeness (QED) is 0.823. The molecule has 0 unspecified atom stereocenters. The summed E-state index contributed by atoms with van der Waals surface area (Å²) < 4.78 is 5.14. The van der Waals surface area contributed by atoms with Gasteiger partial charge in [-0.25, -0.2) is 0 Å². The molecule has 140 valence electrons. The molecule has 2 aromatic rings. The lowest BCUT2D eigenvalue weighted by atomic mass is 10.1. The predicted molar refractivity (Wildman–Crippen MR) is 101 cm³/mol. The number of aryl methyl sites for hydroxylation is 2. The van der Waals surface area contributed by atoms with E-state index in [1.807, 2.05) is 6.92 Å². The zero-order valence-electron chi connectivity index (χ0n) is 15.7. The predicted octanol–water partition coefficient (Wildman–Crippen LogP) is 2.09. The van der Waals surface area contributed by atoms with Crippen molar-refractivity contribution in [2.24, 2.45) is 0 Å². The van der Waals surface area contributed by atoms with Crippen LogP contribution in [0.4, 0.5) is 0 Å². The van der Waals surface area contributed by atoms with Crippen LogP contribution in [-0.2, 0) is 13.0 Å². The number of hydrogen-bond acceptors (Lipinski definition) is 5. The summed E-state index contributed by atoms with van der Waals surface area (Å²) in [6, 6.07) is 10.6. The highest BCUT2D eigenvalue weighted by Gasteiger charge is 2.20. The van der Waals surface area contributed by atoms with Crippen LogP contribution in [0.1, 0.15) is 34.3 Å². The Morgan fingerprint density at radius 2 is 1.85 bits per heavy atom. The van der Waals surface area contributed by atoms with Gasteiger partial charge in [0.15, 0.2) is 0 Å². The smallest absolute Gasteiger partial charge is 0.256 e. The van der Waals surface area contributed by atoms with Crippen molar-refractivity contribution < 1.29 is 9.32 Å². The summed E-state index contributed by atoms with van der Waals surface area (Å²) in [7, 11) is 0. The molecule has 3 rings (SSSR count). The van der Waals surface area contributed by atoms with Gasteiger partial charge in [-0.05, 0) is 18.9 Å². The Morgan fingerprint density at radius 1 is 1.15 bits per heavy atom. The first-order valence-corrected chi connectivity index (χ1v) is 9.39. The van der Waals surface area contributed by atoms with E-state index < -0.39 is 0 Å². The van der Waals surface area contributed by atoms with Crippen molar-refractivity contribution in [1.29, 1.82) is 0 Å². The first kappa shape index (κ1) is 18.6. The maximum atomic E-state index is 12.4. The van der Waals surface area contributed by atoms with Crippen LogP contribution >= 0.6 is 0 Å². The molecule has 1 fully saturated rings. The van der Waals surface area contributed by atoms with E-state index in [0.717, 1.165) is 45.0 Å². The molecule has 0 radical (unpaired) electrons. The number of hydrogen-bond donors (Lipinski definition) is 1. The topological polar surface area (TPSA) is 61.6 Å².